The number of hydrogen-bond donors (Lipinski definition) is 2. The lowest BCUT2D eigenvalue weighted by molar-refractivity contribution is 1.28. The van der Waals surface area contributed by atoms with Crippen molar-refractivity contribution in [3.05, 3.63) is 101 Å². The number of H-pyrrole nitrogens is 2. The van der Waals surface area contributed by atoms with Crippen LogP contribution in [0.3, 0.4) is 0 Å². The Morgan fingerprint density at radius 1 is 0.441 bits per heavy atom. The standard InChI is InChI=1S/C20H14N4.C6H2Br4/c1-2-14-10-16-5-6-18(23-16)12-20-8-7-19(24-20)11-17-4-3-15(22-17)9-13(1)21-14;7-3-1-2-4(8)6(10)5(3)9/h1-12,21-22H;1-2H. The zero-order chi connectivity index (χ0) is 23.7. The number of benzene rings is 1. The van der Waals surface area contributed by atoms with Crippen LogP contribution in [-0.2, 0) is 0 Å². The van der Waals surface area contributed by atoms with Crippen LogP contribution in [0.1, 0.15) is 22.8 Å². The van der Waals surface area contributed by atoms with Crippen LogP contribution in [0.15, 0.2) is 78.6 Å². The van der Waals surface area contributed by atoms with Gasteiger partial charge in [0.1, 0.15) is 0 Å². The summed E-state index contributed by atoms with van der Waals surface area (Å²) in [5, 5.41) is 0. The second-order valence-electron chi connectivity index (χ2n) is 7.56. The molecule has 2 aliphatic heterocycles. The Bertz CT molecular complexity index is 1500. The zero-order valence-electron chi connectivity index (χ0n) is 17.5. The van der Waals surface area contributed by atoms with Gasteiger partial charge in [0.2, 0.25) is 0 Å². The van der Waals surface area contributed by atoms with Crippen LogP contribution in [-0.4, -0.2) is 19.9 Å². The molecule has 0 fully saturated rings. The molecule has 0 atom stereocenters. The molecule has 5 heterocycles. The summed E-state index contributed by atoms with van der Waals surface area (Å²) in [7, 11) is 0. The summed E-state index contributed by atoms with van der Waals surface area (Å²) < 4.78 is 4.15. The van der Waals surface area contributed by atoms with Gasteiger partial charge in [-0.05, 0) is 149 Å². The van der Waals surface area contributed by atoms with E-state index in [4.69, 9.17) is 0 Å². The first kappa shape index (κ1) is 23.5. The van der Waals surface area contributed by atoms with Crippen LogP contribution in [0.4, 0.5) is 0 Å². The van der Waals surface area contributed by atoms with E-state index in [1.807, 2.05) is 54.6 Å². The molecule has 34 heavy (non-hydrogen) atoms. The molecule has 8 bridgehead atoms. The summed E-state index contributed by atoms with van der Waals surface area (Å²) in [5.74, 6) is 0. The van der Waals surface area contributed by atoms with E-state index in [1.54, 1.807) is 0 Å². The number of fused-ring (bicyclic) bond motifs is 8. The van der Waals surface area contributed by atoms with E-state index in [9.17, 15) is 0 Å². The van der Waals surface area contributed by atoms with Crippen molar-refractivity contribution in [2.45, 2.75) is 0 Å². The molecule has 4 aromatic rings. The highest BCUT2D eigenvalue weighted by Crippen LogP contribution is 2.36. The smallest absolute Gasteiger partial charge is 0.0659 e. The minimum absolute atomic E-state index is 0.915. The molecule has 0 unspecified atom stereocenters. The van der Waals surface area contributed by atoms with E-state index in [0.29, 0.717) is 0 Å². The lowest BCUT2D eigenvalue weighted by atomic mass is 10.3. The maximum atomic E-state index is 4.62. The fourth-order valence-corrected chi connectivity index (χ4v) is 5.33. The van der Waals surface area contributed by atoms with Crippen molar-refractivity contribution in [2.24, 2.45) is 0 Å². The van der Waals surface area contributed by atoms with Gasteiger partial charge in [0, 0.05) is 40.0 Å². The molecule has 0 saturated heterocycles. The van der Waals surface area contributed by atoms with Gasteiger partial charge in [-0.3, -0.25) is 0 Å². The van der Waals surface area contributed by atoms with Crippen molar-refractivity contribution in [3.63, 3.8) is 0 Å². The summed E-state index contributed by atoms with van der Waals surface area (Å²) in [5.41, 5.74) is 7.86. The van der Waals surface area contributed by atoms with Crippen molar-refractivity contribution < 1.29 is 0 Å². The molecule has 1 aromatic carbocycles. The number of hydrogen-bond acceptors (Lipinski definition) is 2. The molecule has 2 N–H and O–H groups in total. The maximum absolute atomic E-state index is 4.62. The van der Waals surface area contributed by atoms with Gasteiger partial charge in [-0.2, -0.15) is 0 Å². The van der Waals surface area contributed by atoms with Crippen LogP contribution in [0, 0.1) is 0 Å². The Labute approximate surface area is 229 Å². The zero-order valence-corrected chi connectivity index (χ0v) is 23.8. The predicted octanol–water partition coefficient (Wildman–Crippen LogP) is 9.39. The van der Waals surface area contributed by atoms with Crippen LogP contribution in [0.2, 0.25) is 0 Å². The first-order valence-corrected chi connectivity index (χ1v) is 13.4. The normalized spacial score (nSPS) is 11.9. The molecule has 4 nitrogen and oxygen atoms in total. The van der Waals surface area contributed by atoms with Crippen LogP contribution < -0.4 is 0 Å². The van der Waals surface area contributed by atoms with Gasteiger partial charge in [-0.15, -0.1) is 0 Å². The first-order valence-electron chi connectivity index (χ1n) is 10.3. The van der Waals surface area contributed by atoms with Crippen LogP contribution in [0.25, 0.3) is 46.4 Å². The number of nitrogens with one attached hydrogen (secondary N) is 2. The molecular formula is C26H16Br4N4. The van der Waals surface area contributed by atoms with Crippen molar-refractivity contribution in [3.8, 4) is 0 Å². The average Bonchev–Trinajstić information content (AvgIpc) is 3.61. The number of aromatic amines is 2. The Morgan fingerprint density at radius 2 is 0.794 bits per heavy atom. The van der Waals surface area contributed by atoms with E-state index in [2.05, 4.69) is 114 Å². The summed E-state index contributed by atoms with van der Waals surface area (Å²) in [6.07, 6.45) is 8.05. The van der Waals surface area contributed by atoms with Crippen molar-refractivity contribution in [1.29, 1.82) is 0 Å². The van der Waals surface area contributed by atoms with Crippen molar-refractivity contribution in [1.82, 2.24) is 19.9 Å². The molecule has 2 aliphatic rings. The van der Waals surface area contributed by atoms with E-state index in [-0.39, 0.29) is 0 Å². The molecule has 0 radical (unpaired) electrons. The van der Waals surface area contributed by atoms with E-state index in [1.165, 1.54) is 0 Å². The second-order valence-corrected chi connectivity index (χ2v) is 10.9. The summed E-state index contributed by atoms with van der Waals surface area (Å²) in [4.78, 5) is 16.0. The molecule has 3 aromatic heterocycles. The van der Waals surface area contributed by atoms with Gasteiger partial charge in [-0.1, -0.05) is 0 Å². The third-order valence-electron chi connectivity index (χ3n) is 5.03. The number of nitrogens with zero attached hydrogens (tertiary/aromatic N) is 2. The SMILES string of the molecule is Brc1ccc(Br)c(Br)c1Br.C1=Cc2cc3ccc(cc4ccc(cc5nc(cc1n2)C=C5)[nH]4)[nH]3. The lowest BCUT2D eigenvalue weighted by Crippen LogP contribution is -1.77. The number of rotatable bonds is 0. The Balaban J connectivity index is 0.000000204. The van der Waals surface area contributed by atoms with E-state index < -0.39 is 0 Å². The topological polar surface area (TPSA) is 57.4 Å². The monoisotopic (exact) mass is 700 g/mol. The van der Waals surface area contributed by atoms with E-state index in [0.717, 1.165) is 62.7 Å². The Morgan fingerprint density at radius 3 is 1.21 bits per heavy atom. The highest BCUT2D eigenvalue weighted by molar-refractivity contribution is 9.15. The fourth-order valence-electron chi connectivity index (χ4n) is 3.45. The minimum atomic E-state index is 0.915. The quantitative estimate of drug-likeness (QED) is 0.122. The number of aromatic nitrogens is 4. The molecule has 0 saturated carbocycles. The summed E-state index contributed by atoms with van der Waals surface area (Å²) in [6, 6.07) is 20.3. The van der Waals surface area contributed by atoms with Gasteiger partial charge in [0.25, 0.3) is 0 Å². The van der Waals surface area contributed by atoms with Crippen molar-refractivity contribution in [2.75, 3.05) is 0 Å². The molecule has 168 valence electrons. The largest absolute Gasteiger partial charge is 0.355 e. The Hall–Kier alpha value is -2.26. The van der Waals surface area contributed by atoms with Crippen LogP contribution >= 0.6 is 63.7 Å². The summed E-state index contributed by atoms with van der Waals surface area (Å²) >= 11 is 13.6. The van der Waals surface area contributed by atoms with Gasteiger partial charge in [-0.25, -0.2) is 9.97 Å². The van der Waals surface area contributed by atoms with Gasteiger partial charge < -0.3 is 9.97 Å². The van der Waals surface area contributed by atoms with E-state index >= 15 is 0 Å². The molecule has 6 rings (SSSR count). The van der Waals surface area contributed by atoms with Gasteiger partial charge in [0.05, 0.1) is 22.8 Å². The van der Waals surface area contributed by atoms with Crippen molar-refractivity contribution >= 4 is 110 Å². The molecule has 0 aliphatic carbocycles. The molecule has 8 heteroatoms. The third-order valence-corrected chi connectivity index (χ3v) is 9.60. The van der Waals surface area contributed by atoms with Gasteiger partial charge in [0.15, 0.2) is 0 Å². The second kappa shape index (κ2) is 10.2. The summed E-state index contributed by atoms with van der Waals surface area (Å²) in [6.45, 7) is 0. The third kappa shape index (κ3) is 5.51. The minimum Gasteiger partial charge on any atom is -0.355 e. The lowest BCUT2D eigenvalue weighted by Gasteiger charge is -2.00. The predicted molar refractivity (Wildman–Crippen MR) is 156 cm³/mol. The molecule has 0 spiro atoms. The fraction of sp³-hybridized carbons (Fsp3) is 0. The maximum Gasteiger partial charge on any atom is 0.0659 e. The highest BCUT2D eigenvalue weighted by Gasteiger charge is 2.04. The first-order chi connectivity index (χ1) is 16.4. The molecular weight excluding hydrogens is 688 g/mol. The number of halogens is 4. The average molecular weight is 704 g/mol. The molecule has 0 amide bonds. The van der Waals surface area contributed by atoms with Crippen LogP contribution in [0.5, 0.6) is 0 Å². The highest BCUT2D eigenvalue weighted by atomic mass is 79.9. The van der Waals surface area contributed by atoms with Gasteiger partial charge >= 0.3 is 0 Å². The Kier molecular flexibility index (Phi) is 7.01.